The van der Waals surface area contributed by atoms with Crippen molar-refractivity contribution in [1.29, 1.82) is 0 Å². The molecule has 2 aliphatic rings. The average Bonchev–Trinajstić information content (AvgIpc) is 3.28. The summed E-state index contributed by atoms with van der Waals surface area (Å²) in [6, 6.07) is 14.0. The first-order chi connectivity index (χ1) is 16.5. The van der Waals surface area contributed by atoms with E-state index in [1.807, 2.05) is 20.8 Å². The maximum Gasteiger partial charge on any atom is 0.258 e. The van der Waals surface area contributed by atoms with E-state index in [9.17, 15) is 9.18 Å². The van der Waals surface area contributed by atoms with Crippen LogP contribution in [0.3, 0.4) is 0 Å². The van der Waals surface area contributed by atoms with Crippen LogP contribution < -0.4 is 10.3 Å². The van der Waals surface area contributed by atoms with Gasteiger partial charge in [-0.3, -0.25) is 4.79 Å². The Morgan fingerprint density at radius 2 is 1.69 bits per heavy atom. The highest BCUT2D eigenvalue weighted by Gasteiger charge is 2.64. The zero-order valence-electron chi connectivity index (χ0n) is 19.0. The highest BCUT2D eigenvalue weighted by molar-refractivity contribution is 6.32. The van der Waals surface area contributed by atoms with E-state index in [-0.39, 0.29) is 15.6 Å². The number of nitrogens with zero attached hydrogens (tertiary/aromatic N) is 2. The largest absolute Gasteiger partial charge is 0.323 e. The molecule has 0 saturated carbocycles. The van der Waals surface area contributed by atoms with Gasteiger partial charge in [0, 0.05) is 27.3 Å². The summed E-state index contributed by atoms with van der Waals surface area (Å²) in [5.41, 5.74) is -0.373. The van der Waals surface area contributed by atoms with E-state index < -0.39 is 34.4 Å². The van der Waals surface area contributed by atoms with Crippen molar-refractivity contribution in [2.24, 2.45) is 10.5 Å². The molecule has 0 aliphatic carbocycles. The van der Waals surface area contributed by atoms with Crippen LogP contribution in [0, 0.1) is 17.0 Å². The van der Waals surface area contributed by atoms with Gasteiger partial charge in [0.2, 0.25) is 0 Å². The fraction of sp³-hybridized carbons (Fsp3) is 0.231. The van der Waals surface area contributed by atoms with Crippen molar-refractivity contribution in [3.8, 4) is 0 Å². The molecule has 2 heterocycles. The summed E-state index contributed by atoms with van der Waals surface area (Å²) in [5.74, 6) is -2.79. The topological polar surface area (TPSA) is 44.7 Å². The number of fused-ring (bicyclic) bond motifs is 2. The fourth-order valence-electron chi connectivity index (χ4n) is 4.91. The van der Waals surface area contributed by atoms with Gasteiger partial charge in [0.05, 0.1) is 27.4 Å². The molecule has 3 aromatic rings. The molecule has 2 atom stereocenters. The lowest BCUT2D eigenvalue weighted by atomic mass is 9.68. The van der Waals surface area contributed by atoms with Gasteiger partial charge in [-0.25, -0.2) is 13.8 Å². The van der Waals surface area contributed by atoms with E-state index in [1.165, 1.54) is 23.2 Å². The van der Waals surface area contributed by atoms with Crippen LogP contribution in [0.25, 0.3) is 0 Å². The summed E-state index contributed by atoms with van der Waals surface area (Å²) in [6.45, 7) is 5.78. The predicted molar refractivity (Wildman–Crippen MR) is 137 cm³/mol. The Labute approximate surface area is 216 Å². The Hall–Kier alpha value is -2.67. The molecule has 1 spiro atoms. The summed E-state index contributed by atoms with van der Waals surface area (Å²) < 4.78 is 30.5. The highest BCUT2D eigenvalue weighted by Crippen LogP contribution is 2.58. The quantitative estimate of drug-likeness (QED) is 0.365. The minimum Gasteiger partial charge on any atom is -0.323 e. The summed E-state index contributed by atoms with van der Waals surface area (Å²) in [5, 5.41) is 9.53. The number of hydrogen-bond acceptors (Lipinski definition) is 3. The first kappa shape index (κ1) is 24.0. The van der Waals surface area contributed by atoms with E-state index >= 15 is 4.39 Å². The van der Waals surface area contributed by atoms with E-state index in [0.29, 0.717) is 27.7 Å². The smallest absolute Gasteiger partial charge is 0.258 e. The molecule has 0 saturated heterocycles. The van der Waals surface area contributed by atoms with Crippen molar-refractivity contribution in [3.05, 3.63) is 92.4 Å². The number of carbonyl (C=O) groups is 1. The standard InChI is InChI=1S/C26H20Cl3F2N3O/c1-25(2,3)23-21(15-5-4-6-17(28)22(15)31)26(34(33-23)14-9-7-13(27)8-10-14)16-11-19(30)18(29)12-20(16)32-24(26)35/h4-12,21H,1-3H3,(H,32,35)/t21-,26-/m0/s1. The molecule has 4 nitrogen and oxygen atoms in total. The normalized spacial score (nSPS) is 21.4. The third kappa shape index (κ3) is 3.53. The molecule has 1 N–H and O–H groups in total. The van der Waals surface area contributed by atoms with Gasteiger partial charge in [0.25, 0.3) is 5.91 Å². The zero-order chi connectivity index (χ0) is 25.3. The van der Waals surface area contributed by atoms with Crippen molar-refractivity contribution < 1.29 is 13.6 Å². The van der Waals surface area contributed by atoms with Crippen molar-refractivity contribution >= 4 is 57.8 Å². The van der Waals surface area contributed by atoms with Crippen molar-refractivity contribution in [3.63, 3.8) is 0 Å². The molecule has 1 amide bonds. The van der Waals surface area contributed by atoms with E-state index in [1.54, 1.807) is 36.4 Å². The molecule has 180 valence electrons. The molecule has 0 unspecified atom stereocenters. The lowest BCUT2D eigenvalue weighted by molar-refractivity contribution is -0.120. The Morgan fingerprint density at radius 3 is 2.34 bits per heavy atom. The second-order valence-electron chi connectivity index (χ2n) is 9.63. The minimum absolute atomic E-state index is 0.0863. The number of rotatable bonds is 2. The monoisotopic (exact) mass is 533 g/mol. The molecule has 0 aromatic heterocycles. The van der Waals surface area contributed by atoms with Gasteiger partial charge in [-0.1, -0.05) is 67.7 Å². The van der Waals surface area contributed by atoms with E-state index in [4.69, 9.17) is 39.9 Å². The van der Waals surface area contributed by atoms with Crippen molar-refractivity contribution in [2.75, 3.05) is 10.3 Å². The number of nitrogens with one attached hydrogen (secondary N) is 1. The molecular formula is C26H20Cl3F2N3O. The fourth-order valence-corrected chi connectivity index (χ4v) is 5.38. The van der Waals surface area contributed by atoms with Crippen LogP contribution in [0.4, 0.5) is 20.2 Å². The number of amides is 1. The molecule has 3 aromatic carbocycles. The first-order valence-electron chi connectivity index (χ1n) is 10.9. The van der Waals surface area contributed by atoms with Crippen molar-refractivity contribution in [1.82, 2.24) is 0 Å². The lowest BCUT2D eigenvalue weighted by Gasteiger charge is -2.38. The first-order valence-corrected chi connectivity index (χ1v) is 12.0. The third-order valence-corrected chi connectivity index (χ3v) is 7.26. The van der Waals surface area contributed by atoms with Gasteiger partial charge < -0.3 is 5.32 Å². The summed E-state index contributed by atoms with van der Waals surface area (Å²) >= 11 is 18.3. The lowest BCUT2D eigenvalue weighted by Crippen LogP contribution is -2.51. The molecule has 0 fully saturated rings. The Morgan fingerprint density at radius 1 is 1.00 bits per heavy atom. The molecular weight excluding hydrogens is 515 g/mol. The molecule has 9 heteroatoms. The SMILES string of the molecule is CC(C)(C)C1=NN(c2ccc(Cl)cc2)[C@]2(C(=O)Nc3cc(Cl)c(F)cc32)[C@H]1c1cccc(Cl)c1F. The average molecular weight is 535 g/mol. The minimum atomic E-state index is -1.65. The summed E-state index contributed by atoms with van der Waals surface area (Å²) in [7, 11) is 0. The maximum absolute atomic E-state index is 15.6. The Kier molecular flexibility index (Phi) is 5.62. The van der Waals surface area contributed by atoms with Crippen LogP contribution in [0.2, 0.25) is 15.1 Å². The predicted octanol–water partition coefficient (Wildman–Crippen LogP) is 7.78. The van der Waals surface area contributed by atoms with Gasteiger partial charge in [-0.15, -0.1) is 0 Å². The number of benzene rings is 3. The number of anilines is 2. The second kappa shape index (κ2) is 8.19. The van der Waals surface area contributed by atoms with Crippen LogP contribution in [0.1, 0.15) is 37.8 Å². The van der Waals surface area contributed by atoms with E-state index in [2.05, 4.69) is 5.32 Å². The van der Waals surface area contributed by atoms with Crippen LogP contribution >= 0.6 is 34.8 Å². The third-order valence-electron chi connectivity index (χ3n) is 6.43. The number of carbonyl (C=O) groups excluding carboxylic acids is 1. The van der Waals surface area contributed by atoms with Gasteiger partial charge in [0.15, 0.2) is 5.54 Å². The van der Waals surface area contributed by atoms with Gasteiger partial charge in [-0.2, -0.15) is 5.10 Å². The van der Waals surface area contributed by atoms with Crippen molar-refractivity contribution in [2.45, 2.75) is 32.2 Å². The van der Waals surface area contributed by atoms with Crippen LogP contribution in [0.15, 0.2) is 59.7 Å². The molecule has 2 aliphatic heterocycles. The Bertz CT molecular complexity index is 1400. The maximum atomic E-state index is 15.6. The number of hydrazone groups is 1. The summed E-state index contributed by atoms with van der Waals surface area (Å²) in [6.07, 6.45) is 0. The van der Waals surface area contributed by atoms with Gasteiger partial charge in [0.1, 0.15) is 11.6 Å². The van der Waals surface area contributed by atoms with Gasteiger partial charge in [-0.05, 0) is 42.5 Å². The Balaban J connectivity index is 1.90. The molecule has 0 bridgehead atoms. The van der Waals surface area contributed by atoms with Crippen LogP contribution in [-0.2, 0) is 10.3 Å². The van der Waals surface area contributed by atoms with Crippen LogP contribution in [-0.4, -0.2) is 11.6 Å². The molecule has 5 rings (SSSR count). The number of hydrogen-bond donors (Lipinski definition) is 1. The van der Waals surface area contributed by atoms with E-state index in [0.717, 1.165) is 0 Å². The number of halogens is 5. The highest BCUT2D eigenvalue weighted by atomic mass is 35.5. The van der Waals surface area contributed by atoms with Gasteiger partial charge >= 0.3 is 0 Å². The zero-order valence-corrected chi connectivity index (χ0v) is 21.2. The van der Waals surface area contributed by atoms with Crippen LogP contribution in [0.5, 0.6) is 0 Å². The molecule has 0 radical (unpaired) electrons. The molecule has 35 heavy (non-hydrogen) atoms. The summed E-state index contributed by atoms with van der Waals surface area (Å²) in [4.78, 5) is 14.0. The second-order valence-corrected chi connectivity index (χ2v) is 10.9.